The first-order valence-electron chi connectivity index (χ1n) is 4.78. The predicted octanol–water partition coefficient (Wildman–Crippen LogP) is 4.08. The van der Waals surface area contributed by atoms with E-state index in [0.717, 1.165) is 12.8 Å². The molecule has 0 aliphatic rings. The molecule has 64 valence electrons. The summed E-state index contributed by atoms with van der Waals surface area (Å²) in [6, 6.07) is 0. The number of rotatable bonds is 5. The number of hydrogen-bond donors (Lipinski definition) is 0. The highest BCUT2D eigenvalue weighted by molar-refractivity contribution is 4.99. The molecule has 0 radical (unpaired) electrons. The first-order chi connectivity index (χ1) is 5.35. The Bertz CT molecular complexity index is 130. The molecular weight excluding hydrogens is 132 g/mol. The molecule has 0 rings (SSSR count). The van der Waals surface area contributed by atoms with Gasteiger partial charge in [-0.15, -0.1) is 5.73 Å². The van der Waals surface area contributed by atoms with Crippen molar-refractivity contribution in [1.82, 2.24) is 0 Å². The minimum atomic E-state index is 1.15. The molecule has 0 heterocycles. The van der Waals surface area contributed by atoms with E-state index in [1.54, 1.807) is 0 Å². The summed E-state index contributed by atoms with van der Waals surface area (Å²) in [5, 5.41) is 0. The van der Waals surface area contributed by atoms with Crippen molar-refractivity contribution >= 4 is 0 Å². The molecule has 0 unspecified atom stereocenters. The molecule has 0 nitrogen and oxygen atoms in total. The van der Waals surface area contributed by atoms with Crippen LogP contribution in [0.4, 0.5) is 0 Å². The molecule has 0 heteroatoms. The maximum absolute atomic E-state index is 3.35. The minimum Gasteiger partial charge on any atom is -0.126 e. The molecule has 0 aromatic heterocycles. The average molecular weight is 152 g/mol. The SMILES string of the molecule is CCCCC=C=C(CC)CC. The van der Waals surface area contributed by atoms with E-state index in [1.807, 2.05) is 0 Å². The standard InChI is InChI=1S/C11H20/c1-4-7-8-9-10-11(5-2)6-3/h9H,4-8H2,1-3H3. The van der Waals surface area contributed by atoms with Crippen molar-refractivity contribution in [2.45, 2.75) is 52.9 Å². The second-order valence-electron chi connectivity index (χ2n) is 2.80. The van der Waals surface area contributed by atoms with E-state index in [9.17, 15) is 0 Å². The maximum Gasteiger partial charge on any atom is -0.0273 e. The molecule has 0 aromatic carbocycles. The molecule has 0 saturated carbocycles. The smallest absolute Gasteiger partial charge is 0.0273 e. The summed E-state index contributed by atoms with van der Waals surface area (Å²) < 4.78 is 0. The van der Waals surface area contributed by atoms with Crippen LogP contribution in [-0.4, -0.2) is 0 Å². The third-order valence-corrected chi connectivity index (χ3v) is 1.86. The molecule has 0 aliphatic heterocycles. The predicted molar refractivity (Wildman–Crippen MR) is 51.7 cm³/mol. The molecule has 0 amide bonds. The average Bonchev–Trinajstić information content (AvgIpc) is 2.05. The molecule has 0 atom stereocenters. The van der Waals surface area contributed by atoms with Crippen molar-refractivity contribution in [2.75, 3.05) is 0 Å². The Morgan fingerprint density at radius 1 is 1.18 bits per heavy atom. The molecule has 0 bridgehead atoms. The second kappa shape index (κ2) is 7.63. The lowest BCUT2D eigenvalue weighted by Crippen LogP contribution is -1.73. The lowest BCUT2D eigenvalue weighted by Gasteiger charge is -1.92. The van der Waals surface area contributed by atoms with Gasteiger partial charge >= 0.3 is 0 Å². The fourth-order valence-corrected chi connectivity index (χ4v) is 0.977. The van der Waals surface area contributed by atoms with Gasteiger partial charge in [-0.05, 0) is 37.3 Å². The van der Waals surface area contributed by atoms with E-state index in [1.165, 1.54) is 24.8 Å². The van der Waals surface area contributed by atoms with Crippen LogP contribution in [-0.2, 0) is 0 Å². The lowest BCUT2D eigenvalue weighted by atomic mass is 10.1. The maximum atomic E-state index is 3.35. The highest BCUT2D eigenvalue weighted by atomic mass is 13.9. The van der Waals surface area contributed by atoms with Crippen LogP contribution in [0.15, 0.2) is 17.4 Å². The molecule has 0 spiro atoms. The molecule has 0 aromatic rings. The van der Waals surface area contributed by atoms with Crippen LogP contribution in [0.3, 0.4) is 0 Å². The van der Waals surface area contributed by atoms with Gasteiger partial charge in [-0.25, -0.2) is 0 Å². The van der Waals surface area contributed by atoms with Crippen LogP contribution < -0.4 is 0 Å². The van der Waals surface area contributed by atoms with E-state index in [4.69, 9.17) is 0 Å². The molecule has 0 aliphatic carbocycles. The van der Waals surface area contributed by atoms with Gasteiger partial charge in [-0.1, -0.05) is 27.2 Å². The monoisotopic (exact) mass is 152 g/mol. The van der Waals surface area contributed by atoms with Crippen molar-refractivity contribution < 1.29 is 0 Å². The topological polar surface area (TPSA) is 0 Å². The van der Waals surface area contributed by atoms with Crippen LogP contribution in [0.5, 0.6) is 0 Å². The van der Waals surface area contributed by atoms with Crippen molar-refractivity contribution in [2.24, 2.45) is 0 Å². The van der Waals surface area contributed by atoms with E-state index in [2.05, 4.69) is 32.6 Å². The van der Waals surface area contributed by atoms with Crippen molar-refractivity contribution in [3.05, 3.63) is 17.4 Å². The van der Waals surface area contributed by atoms with Crippen molar-refractivity contribution in [3.8, 4) is 0 Å². The zero-order chi connectivity index (χ0) is 8.53. The Morgan fingerprint density at radius 2 is 1.82 bits per heavy atom. The Labute approximate surface area is 71.0 Å². The normalized spacial score (nSPS) is 9.00. The summed E-state index contributed by atoms with van der Waals surface area (Å²) in [5.74, 6) is 0. The first-order valence-corrected chi connectivity index (χ1v) is 4.78. The van der Waals surface area contributed by atoms with Gasteiger partial charge in [0.25, 0.3) is 0 Å². The summed E-state index contributed by atoms with van der Waals surface area (Å²) in [6.07, 6.45) is 8.27. The molecular formula is C11H20. The zero-order valence-electron chi connectivity index (χ0n) is 8.11. The summed E-state index contributed by atoms with van der Waals surface area (Å²) >= 11 is 0. The van der Waals surface area contributed by atoms with Gasteiger partial charge < -0.3 is 0 Å². The fraction of sp³-hybridized carbons (Fsp3) is 0.727. The second-order valence-corrected chi connectivity index (χ2v) is 2.80. The highest BCUT2D eigenvalue weighted by Gasteiger charge is 1.84. The van der Waals surface area contributed by atoms with Gasteiger partial charge in [-0.2, -0.15) is 0 Å². The van der Waals surface area contributed by atoms with E-state index >= 15 is 0 Å². The van der Waals surface area contributed by atoms with Crippen LogP contribution in [0.25, 0.3) is 0 Å². The van der Waals surface area contributed by atoms with Crippen LogP contribution >= 0.6 is 0 Å². The minimum absolute atomic E-state index is 1.15. The van der Waals surface area contributed by atoms with Gasteiger partial charge in [0.1, 0.15) is 0 Å². The zero-order valence-corrected chi connectivity index (χ0v) is 8.11. The van der Waals surface area contributed by atoms with Crippen molar-refractivity contribution in [3.63, 3.8) is 0 Å². The lowest BCUT2D eigenvalue weighted by molar-refractivity contribution is 0.814. The Hall–Kier alpha value is -0.480. The number of hydrogen-bond acceptors (Lipinski definition) is 0. The summed E-state index contributed by atoms with van der Waals surface area (Å²) in [4.78, 5) is 0. The highest BCUT2D eigenvalue weighted by Crippen LogP contribution is 2.03. The Kier molecular flexibility index (Phi) is 7.29. The van der Waals surface area contributed by atoms with Crippen molar-refractivity contribution in [1.29, 1.82) is 0 Å². The first kappa shape index (κ1) is 10.5. The third-order valence-electron chi connectivity index (χ3n) is 1.86. The van der Waals surface area contributed by atoms with Crippen LogP contribution in [0, 0.1) is 0 Å². The van der Waals surface area contributed by atoms with E-state index < -0.39 is 0 Å². The van der Waals surface area contributed by atoms with Crippen LogP contribution in [0.2, 0.25) is 0 Å². The molecule has 0 N–H and O–H groups in total. The largest absolute Gasteiger partial charge is 0.126 e. The van der Waals surface area contributed by atoms with Gasteiger partial charge in [0.15, 0.2) is 0 Å². The molecule has 0 saturated heterocycles. The molecule has 0 fully saturated rings. The number of allylic oxidation sites excluding steroid dienone is 1. The summed E-state index contributed by atoms with van der Waals surface area (Å²) in [7, 11) is 0. The quantitative estimate of drug-likeness (QED) is 0.411. The summed E-state index contributed by atoms with van der Waals surface area (Å²) in [5.41, 5.74) is 4.79. The van der Waals surface area contributed by atoms with Gasteiger partial charge in [-0.3, -0.25) is 0 Å². The third kappa shape index (κ3) is 5.94. The van der Waals surface area contributed by atoms with Gasteiger partial charge in [0.2, 0.25) is 0 Å². The Balaban J connectivity index is 3.72. The summed E-state index contributed by atoms with van der Waals surface area (Å²) in [6.45, 7) is 6.61. The van der Waals surface area contributed by atoms with E-state index in [-0.39, 0.29) is 0 Å². The Morgan fingerprint density at radius 3 is 2.27 bits per heavy atom. The molecule has 11 heavy (non-hydrogen) atoms. The fourth-order valence-electron chi connectivity index (χ4n) is 0.977. The number of unbranched alkanes of at least 4 members (excludes halogenated alkanes) is 2. The van der Waals surface area contributed by atoms with Gasteiger partial charge in [0.05, 0.1) is 0 Å². The van der Waals surface area contributed by atoms with Crippen LogP contribution in [0.1, 0.15) is 52.9 Å². The van der Waals surface area contributed by atoms with E-state index in [0.29, 0.717) is 0 Å². The van der Waals surface area contributed by atoms with Gasteiger partial charge in [0, 0.05) is 0 Å².